The molecule has 0 bridgehead atoms. The summed E-state index contributed by atoms with van der Waals surface area (Å²) in [5, 5.41) is 0. The van der Waals surface area contributed by atoms with Gasteiger partial charge >= 0.3 is 0 Å². The number of pyridine rings is 1. The van der Waals surface area contributed by atoms with Gasteiger partial charge in [-0.2, -0.15) is 0 Å². The third-order valence-electron chi connectivity index (χ3n) is 1.87. The fraction of sp³-hybridized carbons (Fsp3) is 0.273. The van der Waals surface area contributed by atoms with Crippen LogP contribution in [0.1, 0.15) is 23.2 Å². The molecule has 14 heavy (non-hydrogen) atoms. The zero-order valence-corrected chi connectivity index (χ0v) is 9.40. The van der Waals surface area contributed by atoms with Crippen molar-refractivity contribution in [3.05, 3.63) is 42.7 Å². The van der Waals surface area contributed by atoms with E-state index in [1.165, 1.54) is 0 Å². The maximum atomic E-state index is 11.7. The molecule has 0 aliphatic heterocycles. The molecule has 1 unspecified atom stereocenters. The molecule has 1 rings (SSSR count). The van der Waals surface area contributed by atoms with Crippen LogP contribution in [0.4, 0.5) is 0 Å². The van der Waals surface area contributed by atoms with E-state index < -0.39 is 0 Å². The van der Waals surface area contributed by atoms with Gasteiger partial charge in [0.2, 0.25) is 0 Å². The third-order valence-corrected chi connectivity index (χ3v) is 2.75. The van der Waals surface area contributed by atoms with Gasteiger partial charge in [-0.05, 0) is 25.0 Å². The second kappa shape index (κ2) is 5.70. The van der Waals surface area contributed by atoms with Crippen molar-refractivity contribution >= 4 is 21.7 Å². The highest BCUT2D eigenvalue weighted by molar-refractivity contribution is 9.10. The maximum Gasteiger partial charge on any atom is 0.176 e. The summed E-state index contributed by atoms with van der Waals surface area (Å²) in [6, 6.07) is 3.45. The largest absolute Gasteiger partial charge is 0.293 e. The molecule has 0 saturated heterocycles. The molecule has 3 heteroatoms. The van der Waals surface area contributed by atoms with Crippen LogP contribution in [0, 0.1) is 0 Å². The number of aromatic nitrogens is 1. The van der Waals surface area contributed by atoms with E-state index in [-0.39, 0.29) is 10.6 Å². The van der Waals surface area contributed by atoms with Crippen LogP contribution in [0.25, 0.3) is 0 Å². The van der Waals surface area contributed by atoms with Gasteiger partial charge in [0.1, 0.15) is 0 Å². The number of rotatable bonds is 5. The van der Waals surface area contributed by atoms with Crippen LogP contribution in [-0.2, 0) is 0 Å². The Morgan fingerprint density at radius 1 is 1.57 bits per heavy atom. The summed E-state index contributed by atoms with van der Waals surface area (Å²) in [6.07, 6.45) is 6.69. The van der Waals surface area contributed by atoms with E-state index in [0.29, 0.717) is 5.56 Å². The number of alkyl halides is 1. The lowest BCUT2D eigenvalue weighted by Gasteiger charge is -2.06. The maximum absolute atomic E-state index is 11.7. The molecule has 0 N–H and O–H groups in total. The molecule has 0 spiro atoms. The van der Waals surface area contributed by atoms with E-state index in [1.807, 2.05) is 6.08 Å². The lowest BCUT2D eigenvalue weighted by molar-refractivity contribution is 0.0989. The fourth-order valence-corrected chi connectivity index (χ4v) is 1.62. The van der Waals surface area contributed by atoms with Crippen LogP contribution in [0.15, 0.2) is 37.2 Å². The molecule has 0 amide bonds. The molecule has 0 aromatic carbocycles. The van der Waals surface area contributed by atoms with Crippen molar-refractivity contribution in [3.8, 4) is 0 Å². The number of halogens is 1. The SMILES string of the molecule is C=CCCC(Br)C(=O)c1ccncc1. The molecule has 0 aliphatic carbocycles. The Hall–Kier alpha value is -0.960. The van der Waals surface area contributed by atoms with Crippen LogP contribution >= 0.6 is 15.9 Å². The fourth-order valence-electron chi connectivity index (χ4n) is 1.09. The Labute approximate surface area is 92.2 Å². The van der Waals surface area contributed by atoms with E-state index in [0.717, 1.165) is 12.8 Å². The first kappa shape index (κ1) is 11.1. The second-order valence-corrected chi connectivity index (χ2v) is 4.04. The molecule has 1 atom stereocenters. The van der Waals surface area contributed by atoms with Crippen LogP contribution in [0.3, 0.4) is 0 Å². The Morgan fingerprint density at radius 3 is 2.79 bits per heavy atom. The molecule has 74 valence electrons. The normalized spacial score (nSPS) is 12.1. The molecule has 2 nitrogen and oxygen atoms in total. The number of carbonyl (C=O) groups is 1. The van der Waals surface area contributed by atoms with Gasteiger partial charge in [0.05, 0.1) is 4.83 Å². The van der Waals surface area contributed by atoms with Crippen LogP contribution in [-0.4, -0.2) is 15.6 Å². The van der Waals surface area contributed by atoms with Gasteiger partial charge in [0.15, 0.2) is 5.78 Å². The van der Waals surface area contributed by atoms with Gasteiger partial charge in [0.25, 0.3) is 0 Å². The zero-order valence-electron chi connectivity index (χ0n) is 7.82. The molecular weight excluding hydrogens is 242 g/mol. The predicted octanol–water partition coefficient (Wildman–Crippen LogP) is 2.99. The van der Waals surface area contributed by atoms with Crippen molar-refractivity contribution in [1.29, 1.82) is 0 Å². The summed E-state index contributed by atoms with van der Waals surface area (Å²) < 4.78 is 0. The summed E-state index contributed by atoms with van der Waals surface area (Å²) in [5.74, 6) is 0.106. The van der Waals surface area contributed by atoms with Gasteiger partial charge in [0, 0.05) is 18.0 Å². The highest BCUT2D eigenvalue weighted by Gasteiger charge is 2.15. The van der Waals surface area contributed by atoms with Crippen LogP contribution < -0.4 is 0 Å². The van der Waals surface area contributed by atoms with Gasteiger partial charge in [-0.3, -0.25) is 9.78 Å². The zero-order chi connectivity index (χ0) is 10.4. The summed E-state index contributed by atoms with van der Waals surface area (Å²) in [5.41, 5.74) is 0.700. The third kappa shape index (κ3) is 3.07. The average Bonchev–Trinajstić information content (AvgIpc) is 2.26. The van der Waals surface area contributed by atoms with Gasteiger partial charge < -0.3 is 0 Å². The van der Waals surface area contributed by atoms with Crippen molar-refractivity contribution in [3.63, 3.8) is 0 Å². The highest BCUT2D eigenvalue weighted by atomic mass is 79.9. The molecular formula is C11H12BrNO. The topological polar surface area (TPSA) is 30.0 Å². The van der Waals surface area contributed by atoms with E-state index in [4.69, 9.17) is 0 Å². The molecule has 0 saturated carbocycles. The summed E-state index contributed by atoms with van der Waals surface area (Å²) in [4.78, 5) is 15.5. The molecule has 1 aromatic rings. The smallest absolute Gasteiger partial charge is 0.176 e. The van der Waals surface area contributed by atoms with Crippen molar-refractivity contribution < 1.29 is 4.79 Å². The number of allylic oxidation sites excluding steroid dienone is 1. The number of nitrogens with zero attached hydrogens (tertiary/aromatic N) is 1. The molecule has 0 aliphatic rings. The molecule has 0 radical (unpaired) electrons. The number of hydrogen-bond donors (Lipinski definition) is 0. The molecule has 0 fully saturated rings. The van der Waals surface area contributed by atoms with Crippen LogP contribution in [0.2, 0.25) is 0 Å². The average molecular weight is 254 g/mol. The van der Waals surface area contributed by atoms with Crippen molar-refractivity contribution in [2.24, 2.45) is 0 Å². The Bertz CT molecular complexity index is 310. The minimum Gasteiger partial charge on any atom is -0.293 e. The quantitative estimate of drug-likeness (QED) is 0.459. The summed E-state index contributed by atoms with van der Waals surface area (Å²) in [7, 11) is 0. The van der Waals surface area contributed by atoms with E-state index in [2.05, 4.69) is 27.5 Å². The van der Waals surface area contributed by atoms with E-state index >= 15 is 0 Å². The van der Waals surface area contributed by atoms with Crippen molar-refractivity contribution in [2.45, 2.75) is 17.7 Å². The Morgan fingerprint density at radius 2 is 2.21 bits per heavy atom. The lowest BCUT2D eigenvalue weighted by Crippen LogP contribution is -2.13. The van der Waals surface area contributed by atoms with Crippen LogP contribution in [0.5, 0.6) is 0 Å². The minimum absolute atomic E-state index is 0.106. The number of ketones is 1. The lowest BCUT2D eigenvalue weighted by atomic mass is 10.1. The first-order valence-corrected chi connectivity index (χ1v) is 5.36. The number of carbonyl (C=O) groups excluding carboxylic acids is 1. The van der Waals surface area contributed by atoms with Crippen molar-refractivity contribution in [1.82, 2.24) is 4.98 Å². The highest BCUT2D eigenvalue weighted by Crippen LogP contribution is 2.14. The number of Topliss-reactive ketones (excluding diaryl/α,β-unsaturated/α-hetero) is 1. The molecule has 1 heterocycles. The summed E-state index contributed by atoms with van der Waals surface area (Å²) >= 11 is 3.36. The monoisotopic (exact) mass is 253 g/mol. The number of hydrogen-bond acceptors (Lipinski definition) is 2. The predicted molar refractivity (Wildman–Crippen MR) is 60.7 cm³/mol. The standard InChI is InChI=1S/C11H12BrNO/c1-2-3-4-10(12)11(14)9-5-7-13-8-6-9/h2,5-8,10H,1,3-4H2. The van der Waals surface area contributed by atoms with Gasteiger partial charge in [-0.1, -0.05) is 22.0 Å². The van der Waals surface area contributed by atoms with Gasteiger partial charge in [-0.15, -0.1) is 6.58 Å². The minimum atomic E-state index is -0.122. The van der Waals surface area contributed by atoms with E-state index in [1.54, 1.807) is 24.5 Å². The Balaban J connectivity index is 2.61. The second-order valence-electron chi connectivity index (χ2n) is 2.93. The van der Waals surface area contributed by atoms with Crippen molar-refractivity contribution in [2.75, 3.05) is 0 Å². The Kier molecular flexibility index (Phi) is 4.53. The first-order chi connectivity index (χ1) is 6.75. The summed E-state index contributed by atoms with van der Waals surface area (Å²) in [6.45, 7) is 3.62. The van der Waals surface area contributed by atoms with E-state index in [9.17, 15) is 4.79 Å². The van der Waals surface area contributed by atoms with Gasteiger partial charge in [-0.25, -0.2) is 0 Å². The first-order valence-electron chi connectivity index (χ1n) is 4.45. The molecule has 1 aromatic heterocycles.